The summed E-state index contributed by atoms with van der Waals surface area (Å²) in [6.45, 7) is 3.59. The van der Waals surface area contributed by atoms with Gasteiger partial charge in [-0.15, -0.1) is 11.8 Å². The van der Waals surface area contributed by atoms with Crippen LogP contribution in [0.25, 0.3) is 0 Å². The monoisotopic (exact) mass is 442 g/mol. The number of aryl methyl sites for hydroxylation is 1. The molecular formula is C21H22N4O3S2. The largest absolute Gasteiger partial charge is 0.325 e. The number of amides is 1. The van der Waals surface area contributed by atoms with Gasteiger partial charge in [0.25, 0.3) is 10.0 Å². The molecule has 0 aliphatic rings. The number of anilines is 2. The molecule has 1 amide bonds. The Morgan fingerprint density at radius 3 is 2.43 bits per heavy atom. The molecule has 1 aromatic heterocycles. The van der Waals surface area contributed by atoms with E-state index in [1.54, 1.807) is 25.1 Å². The zero-order valence-corrected chi connectivity index (χ0v) is 18.2. The lowest BCUT2D eigenvalue weighted by Gasteiger charge is -2.13. The van der Waals surface area contributed by atoms with E-state index in [0.717, 1.165) is 11.3 Å². The maximum Gasteiger partial charge on any atom is 0.264 e. The van der Waals surface area contributed by atoms with Crippen LogP contribution >= 0.6 is 11.8 Å². The van der Waals surface area contributed by atoms with E-state index in [0.29, 0.717) is 11.4 Å². The summed E-state index contributed by atoms with van der Waals surface area (Å²) in [5.74, 6) is 0.605. The average Bonchev–Trinajstić information content (AvgIpc) is 2.73. The van der Waals surface area contributed by atoms with Crippen molar-refractivity contribution in [3.8, 4) is 0 Å². The zero-order chi connectivity index (χ0) is 21.6. The fraction of sp³-hybridized carbons (Fsp3) is 0.190. The van der Waals surface area contributed by atoms with Crippen LogP contribution in [0.2, 0.25) is 0 Å². The van der Waals surface area contributed by atoms with Gasteiger partial charge in [-0.3, -0.25) is 4.79 Å². The molecule has 0 saturated heterocycles. The van der Waals surface area contributed by atoms with E-state index in [2.05, 4.69) is 20.0 Å². The topological polar surface area (TPSA) is 101 Å². The predicted molar refractivity (Wildman–Crippen MR) is 120 cm³/mol. The van der Waals surface area contributed by atoms with Gasteiger partial charge in [0, 0.05) is 23.3 Å². The van der Waals surface area contributed by atoms with E-state index in [9.17, 15) is 13.2 Å². The Morgan fingerprint density at radius 1 is 1.07 bits per heavy atom. The zero-order valence-electron chi connectivity index (χ0n) is 16.6. The highest BCUT2D eigenvalue weighted by Crippen LogP contribution is 2.21. The molecule has 1 heterocycles. The van der Waals surface area contributed by atoms with Crippen LogP contribution in [0.15, 0.2) is 71.8 Å². The van der Waals surface area contributed by atoms with Gasteiger partial charge >= 0.3 is 0 Å². The number of thioether (sulfide) groups is 1. The summed E-state index contributed by atoms with van der Waals surface area (Å²) in [4.78, 5) is 20.4. The lowest BCUT2D eigenvalue weighted by Crippen LogP contribution is -2.22. The summed E-state index contributed by atoms with van der Waals surface area (Å²) in [6, 6.07) is 17.6. The highest BCUT2D eigenvalue weighted by molar-refractivity contribution is 7.99. The van der Waals surface area contributed by atoms with Crippen LogP contribution in [0.4, 0.5) is 11.6 Å². The number of benzene rings is 2. The van der Waals surface area contributed by atoms with Crippen LogP contribution in [-0.2, 0) is 20.6 Å². The van der Waals surface area contributed by atoms with E-state index in [-0.39, 0.29) is 22.0 Å². The van der Waals surface area contributed by atoms with Gasteiger partial charge in [-0.25, -0.2) is 23.1 Å². The molecule has 0 bridgehead atoms. The molecule has 0 spiro atoms. The normalized spacial score (nSPS) is 12.2. The first kappa shape index (κ1) is 21.8. The maximum absolute atomic E-state index is 12.5. The van der Waals surface area contributed by atoms with E-state index in [4.69, 9.17) is 0 Å². The minimum Gasteiger partial charge on any atom is -0.325 e. The summed E-state index contributed by atoms with van der Waals surface area (Å²) >= 11 is 1.53. The third-order valence-electron chi connectivity index (χ3n) is 4.16. The Kier molecular flexibility index (Phi) is 7.07. The SMILES string of the molecule is Cc1ccnc(NS(=O)(=O)c2ccc(NC(=O)[C@H](C)SCc3ccccc3)cc2)n1. The standard InChI is InChI=1S/C21H22N4O3S2/c1-15-12-13-22-21(23-15)25-30(27,28)19-10-8-18(9-11-19)24-20(26)16(2)29-14-17-6-4-3-5-7-17/h3-13,16H,14H2,1-2H3,(H,24,26)(H,22,23,25)/t16-/m0/s1. The van der Waals surface area contributed by atoms with Crippen LogP contribution in [-0.4, -0.2) is 29.5 Å². The van der Waals surface area contributed by atoms with Crippen LogP contribution in [0.1, 0.15) is 18.2 Å². The van der Waals surface area contributed by atoms with E-state index >= 15 is 0 Å². The van der Waals surface area contributed by atoms with Crippen molar-refractivity contribution in [1.82, 2.24) is 9.97 Å². The van der Waals surface area contributed by atoms with Crippen molar-refractivity contribution in [2.75, 3.05) is 10.0 Å². The Labute approximate surface area is 180 Å². The van der Waals surface area contributed by atoms with E-state index in [1.165, 1.54) is 30.1 Å². The Morgan fingerprint density at radius 2 is 1.77 bits per heavy atom. The molecule has 3 rings (SSSR count). The lowest BCUT2D eigenvalue weighted by atomic mass is 10.2. The highest BCUT2D eigenvalue weighted by atomic mass is 32.2. The molecule has 2 N–H and O–H groups in total. The van der Waals surface area contributed by atoms with Crippen molar-refractivity contribution in [1.29, 1.82) is 0 Å². The average molecular weight is 443 g/mol. The second kappa shape index (κ2) is 9.73. The molecule has 9 heteroatoms. The van der Waals surface area contributed by atoms with E-state index in [1.807, 2.05) is 37.3 Å². The number of carbonyl (C=O) groups excluding carboxylic acids is 1. The number of aromatic nitrogens is 2. The Bertz CT molecular complexity index is 1100. The van der Waals surface area contributed by atoms with Crippen LogP contribution in [0.3, 0.4) is 0 Å². The van der Waals surface area contributed by atoms with Gasteiger partial charge in [0.05, 0.1) is 10.1 Å². The van der Waals surface area contributed by atoms with Gasteiger partial charge in [0.2, 0.25) is 11.9 Å². The number of nitrogens with one attached hydrogen (secondary N) is 2. The summed E-state index contributed by atoms with van der Waals surface area (Å²) < 4.78 is 27.3. The molecule has 0 aliphatic carbocycles. The molecule has 0 fully saturated rings. The molecule has 0 unspecified atom stereocenters. The van der Waals surface area contributed by atoms with Crippen molar-refractivity contribution < 1.29 is 13.2 Å². The summed E-state index contributed by atoms with van der Waals surface area (Å²) in [5, 5.41) is 2.56. The quantitative estimate of drug-likeness (QED) is 0.550. The van der Waals surface area contributed by atoms with Crippen LogP contribution in [0.5, 0.6) is 0 Å². The summed E-state index contributed by atoms with van der Waals surface area (Å²) in [5.41, 5.74) is 2.33. The molecule has 30 heavy (non-hydrogen) atoms. The van der Waals surface area contributed by atoms with Gasteiger partial charge in [-0.2, -0.15) is 0 Å². The first-order valence-corrected chi connectivity index (χ1v) is 11.8. The van der Waals surface area contributed by atoms with Gasteiger partial charge in [-0.05, 0) is 49.7 Å². The number of hydrogen-bond donors (Lipinski definition) is 2. The maximum atomic E-state index is 12.5. The van der Waals surface area contributed by atoms with Crippen LogP contribution < -0.4 is 10.0 Å². The molecular weight excluding hydrogens is 420 g/mol. The van der Waals surface area contributed by atoms with Gasteiger partial charge < -0.3 is 5.32 Å². The molecule has 0 saturated carbocycles. The molecule has 3 aromatic rings. The number of rotatable bonds is 8. The predicted octanol–water partition coefficient (Wildman–Crippen LogP) is 3.85. The van der Waals surface area contributed by atoms with Crippen molar-refractivity contribution in [2.24, 2.45) is 0 Å². The fourth-order valence-corrected chi connectivity index (χ4v) is 4.31. The number of carbonyl (C=O) groups is 1. The molecule has 1 atom stereocenters. The fourth-order valence-electron chi connectivity index (χ4n) is 2.51. The van der Waals surface area contributed by atoms with Crippen molar-refractivity contribution in [3.05, 3.63) is 78.1 Å². The minimum atomic E-state index is -3.82. The second-order valence-electron chi connectivity index (χ2n) is 6.58. The van der Waals surface area contributed by atoms with Crippen molar-refractivity contribution in [2.45, 2.75) is 29.7 Å². The number of sulfonamides is 1. The number of hydrogen-bond acceptors (Lipinski definition) is 6. The van der Waals surface area contributed by atoms with E-state index < -0.39 is 10.0 Å². The first-order chi connectivity index (χ1) is 14.3. The second-order valence-corrected chi connectivity index (χ2v) is 9.59. The molecule has 0 aliphatic heterocycles. The molecule has 156 valence electrons. The Hall–Kier alpha value is -2.91. The molecule has 7 nitrogen and oxygen atoms in total. The van der Waals surface area contributed by atoms with Crippen LogP contribution in [0, 0.1) is 6.92 Å². The van der Waals surface area contributed by atoms with Gasteiger partial charge in [0.1, 0.15) is 0 Å². The third kappa shape index (κ3) is 6.04. The van der Waals surface area contributed by atoms with Gasteiger partial charge in [0.15, 0.2) is 0 Å². The third-order valence-corrected chi connectivity index (χ3v) is 6.72. The molecule has 0 radical (unpaired) electrons. The summed E-state index contributed by atoms with van der Waals surface area (Å²) in [6.07, 6.45) is 1.48. The lowest BCUT2D eigenvalue weighted by molar-refractivity contribution is -0.115. The summed E-state index contributed by atoms with van der Waals surface area (Å²) in [7, 11) is -3.82. The minimum absolute atomic E-state index is 0.0108. The van der Waals surface area contributed by atoms with Crippen molar-refractivity contribution >= 4 is 39.3 Å². The Balaban J connectivity index is 1.58. The first-order valence-electron chi connectivity index (χ1n) is 9.22. The smallest absolute Gasteiger partial charge is 0.264 e. The number of nitrogens with zero attached hydrogens (tertiary/aromatic N) is 2. The van der Waals surface area contributed by atoms with Crippen molar-refractivity contribution in [3.63, 3.8) is 0 Å². The van der Waals surface area contributed by atoms with Gasteiger partial charge in [-0.1, -0.05) is 30.3 Å². The highest BCUT2D eigenvalue weighted by Gasteiger charge is 2.17. The molecule has 2 aromatic carbocycles.